The molecule has 0 saturated carbocycles. The summed E-state index contributed by atoms with van der Waals surface area (Å²) in [5.41, 5.74) is 0. The van der Waals surface area contributed by atoms with E-state index in [9.17, 15) is 14.4 Å². The molecule has 74 valence electrons. The van der Waals surface area contributed by atoms with Gasteiger partial charge < -0.3 is 14.4 Å². The van der Waals surface area contributed by atoms with E-state index in [2.05, 4.69) is 6.92 Å². The summed E-state index contributed by atoms with van der Waals surface area (Å²) >= 11 is 0. The van der Waals surface area contributed by atoms with E-state index < -0.39 is 7.60 Å². The first-order chi connectivity index (χ1) is 5.06. The maximum absolute atomic E-state index is 10.1. The van der Waals surface area contributed by atoms with Crippen molar-refractivity contribution in [3.8, 4) is 0 Å². The fourth-order valence-electron chi connectivity index (χ4n) is 0.909. The second kappa shape index (κ2) is 8.28. The minimum atomic E-state index is -4.21. The standard InChI is InChI=1S/C7H17O3P.Fe/c1-2-3-4-5-6-7-11(8,9)10;/h2-7H2,1H3,(H2,8,9,10);/q;+2/p-2. The fourth-order valence-corrected chi connectivity index (χ4v) is 1.52. The molecule has 0 atom stereocenters. The number of hydrogen-bond acceptors (Lipinski definition) is 3. The Labute approximate surface area is 84.6 Å². The monoisotopic (exact) mass is 234 g/mol. The van der Waals surface area contributed by atoms with Gasteiger partial charge in [0.2, 0.25) is 0 Å². The SMILES string of the molecule is CCCCCCCP(=O)([O-])[O-].[Fe+2]. The molecule has 0 radical (unpaired) electrons. The van der Waals surface area contributed by atoms with Gasteiger partial charge in [0.05, 0.1) is 0 Å². The van der Waals surface area contributed by atoms with Crippen LogP contribution in [-0.4, -0.2) is 6.16 Å². The van der Waals surface area contributed by atoms with Crippen molar-refractivity contribution in [2.45, 2.75) is 39.0 Å². The molecule has 0 aliphatic carbocycles. The van der Waals surface area contributed by atoms with Crippen LogP contribution in [0.3, 0.4) is 0 Å². The zero-order chi connectivity index (χ0) is 8.74. The third kappa shape index (κ3) is 13.3. The van der Waals surface area contributed by atoms with Crippen molar-refractivity contribution in [3.63, 3.8) is 0 Å². The minimum Gasteiger partial charge on any atom is -0.811 e. The van der Waals surface area contributed by atoms with Crippen molar-refractivity contribution < 1.29 is 31.4 Å². The average Bonchev–Trinajstić information content (AvgIpc) is 1.85. The summed E-state index contributed by atoms with van der Waals surface area (Å²) in [5.74, 6) is 0. The molecule has 0 spiro atoms. The second-order valence-electron chi connectivity index (χ2n) is 2.75. The van der Waals surface area contributed by atoms with E-state index in [-0.39, 0.29) is 23.2 Å². The largest absolute Gasteiger partial charge is 2.00 e. The van der Waals surface area contributed by atoms with Gasteiger partial charge in [-0.3, -0.25) is 0 Å². The van der Waals surface area contributed by atoms with Gasteiger partial charge in [-0.1, -0.05) is 40.2 Å². The van der Waals surface area contributed by atoms with Crippen LogP contribution < -0.4 is 9.79 Å². The number of hydrogen-bond donors (Lipinski definition) is 0. The Hall–Kier alpha value is 0.669. The van der Waals surface area contributed by atoms with Crippen LogP contribution in [0.5, 0.6) is 0 Å². The third-order valence-electron chi connectivity index (χ3n) is 1.54. The summed E-state index contributed by atoms with van der Waals surface area (Å²) in [6, 6.07) is 0. The van der Waals surface area contributed by atoms with Gasteiger partial charge in [0, 0.05) is 0 Å². The van der Waals surface area contributed by atoms with Crippen molar-refractivity contribution in [2.24, 2.45) is 0 Å². The first kappa shape index (κ1) is 15.2. The van der Waals surface area contributed by atoms with Crippen LogP contribution in [0.25, 0.3) is 0 Å². The summed E-state index contributed by atoms with van der Waals surface area (Å²) in [5, 5.41) is 0. The molecular formula is C7H15FeO3P. The summed E-state index contributed by atoms with van der Waals surface area (Å²) in [6.07, 6.45) is 4.52. The molecule has 0 saturated heterocycles. The van der Waals surface area contributed by atoms with E-state index >= 15 is 0 Å². The molecule has 0 aliphatic heterocycles. The smallest absolute Gasteiger partial charge is 0.811 e. The van der Waals surface area contributed by atoms with E-state index in [1.165, 1.54) is 0 Å². The van der Waals surface area contributed by atoms with Gasteiger partial charge in [-0.25, -0.2) is 0 Å². The van der Waals surface area contributed by atoms with Gasteiger partial charge in [-0.05, 0) is 12.6 Å². The second-order valence-corrected chi connectivity index (χ2v) is 4.42. The van der Waals surface area contributed by atoms with Crippen molar-refractivity contribution in [3.05, 3.63) is 0 Å². The van der Waals surface area contributed by atoms with Crippen molar-refractivity contribution in [1.82, 2.24) is 0 Å². The molecule has 0 aromatic carbocycles. The quantitative estimate of drug-likeness (QED) is 0.389. The molecule has 3 nitrogen and oxygen atoms in total. The van der Waals surface area contributed by atoms with Crippen molar-refractivity contribution in [2.75, 3.05) is 6.16 Å². The van der Waals surface area contributed by atoms with Gasteiger partial charge >= 0.3 is 17.1 Å². The van der Waals surface area contributed by atoms with Gasteiger partial charge in [-0.15, -0.1) is 0 Å². The van der Waals surface area contributed by atoms with Gasteiger partial charge in [-0.2, -0.15) is 0 Å². The number of unbranched alkanes of at least 4 members (excludes halogenated alkanes) is 4. The molecule has 0 aromatic rings. The van der Waals surface area contributed by atoms with Crippen molar-refractivity contribution in [1.29, 1.82) is 0 Å². The molecule has 0 N–H and O–H groups in total. The minimum absolute atomic E-state index is 0. The maximum atomic E-state index is 10.1. The van der Waals surface area contributed by atoms with Gasteiger partial charge in [0.25, 0.3) is 0 Å². The molecule has 0 rings (SSSR count). The average molecular weight is 234 g/mol. The summed E-state index contributed by atoms with van der Waals surface area (Å²) < 4.78 is 10.1. The first-order valence-electron chi connectivity index (χ1n) is 4.07. The van der Waals surface area contributed by atoms with E-state index in [1.54, 1.807) is 0 Å². The maximum Gasteiger partial charge on any atom is 2.00 e. The summed E-state index contributed by atoms with van der Waals surface area (Å²) in [7, 11) is -4.21. The Morgan fingerprint density at radius 3 is 2.00 bits per heavy atom. The zero-order valence-corrected chi connectivity index (χ0v) is 9.27. The third-order valence-corrected chi connectivity index (χ3v) is 2.40. The van der Waals surface area contributed by atoms with E-state index in [0.29, 0.717) is 6.42 Å². The van der Waals surface area contributed by atoms with Gasteiger partial charge in [0.15, 0.2) is 0 Å². The summed E-state index contributed by atoms with van der Waals surface area (Å²) in [6.45, 7) is 2.09. The number of rotatable bonds is 6. The molecule has 0 fully saturated rings. The van der Waals surface area contributed by atoms with E-state index in [4.69, 9.17) is 0 Å². The van der Waals surface area contributed by atoms with Crippen LogP contribution >= 0.6 is 7.60 Å². The Kier molecular flexibility index (Phi) is 10.5. The molecule has 0 amide bonds. The van der Waals surface area contributed by atoms with Crippen LogP contribution in [0, 0.1) is 0 Å². The molecular weight excluding hydrogens is 219 g/mol. The Balaban J connectivity index is 0. The van der Waals surface area contributed by atoms with Crippen LogP contribution in [-0.2, 0) is 21.6 Å². The molecule has 0 aromatic heterocycles. The molecule has 0 bridgehead atoms. The predicted octanol–water partition coefficient (Wildman–Crippen LogP) is 0.868. The Morgan fingerprint density at radius 1 is 1.08 bits per heavy atom. The predicted molar refractivity (Wildman–Crippen MR) is 41.2 cm³/mol. The topological polar surface area (TPSA) is 63.2 Å². The van der Waals surface area contributed by atoms with Crippen LogP contribution in [0.4, 0.5) is 0 Å². The van der Waals surface area contributed by atoms with Gasteiger partial charge in [0.1, 0.15) is 0 Å². The van der Waals surface area contributed by atoms with Crippen LogP contribution in [0.1, 0.15) is 39.0 Å². The van der Waals surface area contributed by atoms with Crippen LogP contribution in [0.2, 0.25) is 0 Å². The normalized spacial score (nSPS) is 10.9. The first-order valence-corrected chi connectivity index (χ1v) is 5.80. The molecule has 12 heavy (non-hydrogen) atoms. The van der Waals surface area contributed by atoms with Crippen LogP contribution in [0.15, 0.2) is 0 Å². The summed E-state index contributed by atoms with van der Waals surface area (Å²) in [4.78, 5) is 20.3. The fraction of sp³-hybridized carbons (Fsp3) is 1.00. The van der Waals surface area contributed by atoms with E-state index in [0.717, 1.165) is 25.7 Å². The molecule has 5 heteroatoms. The molecule has 0 heterocycles. The Morgan fingerprint density at radius 2 is 1.58 bits per heavy atom. The molecule has 0 unspecified atom stereocenters. The molecule has 0 aliphatic rings. The van der Waals surface area contributed by atoms with Crippen molar-refractivity contribution >= 4 is 7.60 Å². The van der Waals surface area contributed by atoms with E-state index in [1.807, 2.05) is 0 Å². The Bertz CT molecular complexity index is 135. The zero-order valence-electron chi connectivity index (χ0n) is 7.27.